The van der Waals surface area contributed by atoms with E-state index in [1.54, 1.807) is 55.1 Å². The number of esters is 4. The zero-order chi connectivity index (χ0) is 52.7. The van der Waals surface area contributed by atoms with E-state index in [1.165, 1.54) is 13.2 Å². The van der Waals surface area contributed by atoms with Crippen molar-refractivity contribution in [2.75, 3.05) is 52.5 Å². The van der Waals surface area contributed by atoms with Crippen LogP contribution < -0.4 is 15.0 Å². The van der Waals surface area contributed by atoms with Crippen LogP contribution in [-0.4, -0.2) is 116 Å². The van der Waals surface area contributed by atoms with Crippen molar-refractivity contribution >= 4 is 47.4 Å². The molecule has 4 aromatic carbocycles. The van der Waals surface area contributed by atoms with Gasteiger partial charge in [-0.15, -0.1) is 0 Å². The highest BCUT2D eigenvalue weighted by molar-refractivity contribution is 6.25. The van der Waals surface area contributed by atoms with Crippen molar-refractivity contribution in [2.45, 2.75) is 88.1 Å². The summed E-state index contributed by atoms with van der Waals surface area (Å²) in [5.41, 5.74) is 0.115. The maximum atomic E-state index is 16.9. The van der Waals surface area contributed by atoms with Crippen molar-refractivity contribution in [1.82, 2.24) is 15.1 Å². The van der Waals surface area contributed by atoms with Crippen molar-refractivity contribution in [1.29, 1.82) is 0 Å². The molecule has 0 radical (unpaired) electrons. The minimum Gasteiger partial charge on any atom is -0.491 e. The Morgan fingerprint density at radius 1 is 0.757 bits per heavy atom. The number of carbonyl (C=O) groups is 7. The van der Waals surface area contributed by atoms with Crippen LogP contribution in [0.5, 0.6) is 5.75 Å². The molecule has 74 heavy (non-hydrogen) atoms. The molecule has 8 rings (SSSR count). The summed E-state index contributed by atoms with van der Waals surface area (Å²) in [5, 5.41) is 12.6. The molecule has 4 amide bonds. The van der Waals surface area contributed by atoms with Gasteiger partial charge in [0.05, 0.1) is 51.6 Å². The third kappa shape index (κ3) is 9.95. The lowest BCUT2D eigenvalue weighted by molar-refractivity contribution is -0.179. The molecule has 7 atom stereocenters. The third-order valence-electron chi connectivity index (χ3n) is 14.5. The SMILES string of the molecule is COC(=O)C(CC#Cc1ccc2c(c1)[C@]1(C(=O)N2C(=O)N[C@H](C(=O)OC)C(C)C)[C@H](C(=O)N2CCCCCCC2)[C@H]2C(=O)O[C@H](c3ccccc3)[C@H](c3ccccc3)N2[C@@H]1c1cccc(OCCO)c1)C(=O)OC. The lowest BCUT2D eigenvalue weighted by atomic mass is 9.64. The normalized spacial score (nSPS) is 22.8. The van der Waals surface area contributed by atoms with Crippen LogP contribution in [0.1, 0.15) is 98.4 Å². The van der Waals surface area contributed by atoms with Gasteiger partial charge in [-0.3, -0.25) is 28.9 Å². The number of amides is 4. The number of nitrogens with one attached hydrogen (secondary N) is 1. The van der Waals surface area contributed by atoms with Crippen LogP contribution in [0.3, 0.4) is 0 Å². The highest BCUT2D eigenvalue weighted by Crippen LogP contribution is 2.66. The lowest BCUT2D eigenvalue weighted by Crippen LogP contribution is -2.58. The molecule has 2 N–H and O–H groups in total. The third-order valence-corrected chi connectivity index (χ3v) is 14.5. The Morgan fingerprint density at radius 3 is 2.00 bits per heavy atom. The summed E-state index contributed by atoms with van der Waals surface area (Å²) >= 11 is 0. The van der Waals surface area contributed by atoms with Gasteiger partial charge < -0.3 is 39.0 Å². The van der Waals surface area contributed by atoms with E-state index < -0.39 is 95.2 Å². The number of fused-ring (bicyclic) bond motifs is 3. The molecule has 17 heteroatoms. The summed E-state index contributed by atoms with van der Waals surface area (Å²) in [5.74, 6) is -1.75. The zero-order valence-corrected chi connectivity index (χ0v) is 42.2. The van der Waals surface area contributed by atoms with Crippen LogP contribution in [0.4, 0.5) is 10.5 Å². The molecule has 0 unspecified atom stereocenters. The summed E-state index contributed by atoms with van der Waals surface area (Å²) < 4.78 is 27.5. The number of imide groups is 1. The Bertz CT molecular complexity index is 2790. The number of aliphatic hydroxyl groups excluding tert-OH is 1. The Labute approximate surface area is 430 Å². The summed E-state index contributed by atoms with van der Waals surface area (Å²) in [6.07, 6.45) is 2.75. The van der Waals surface area contributed by atoms with E-state index in [2.05, 4.69) is 17.2 Å². The molecule has 4 aliphatic heterocycles. The fourth-order valence-corrected chi connectivity index (χ4v) is 11.2. The zero-order valence-electron chi connectivity index (χ0n) is 42.2. The van der Waals surface area contributed by atoms with Gasteiger partial charge in [-0.1, -0.05) is 118 Å². The van der Waals surface area contributed by atoms with Crippen molar-refractivity contribution in [3.8, 4) is 17.6 Å². The van der Waals surface area contributed by atoms with Crippen molar-refractivity contribution in [3.05, 3.63) is 131 Å². The molecule has 0 aliphatic carbocycles. The van der Waals surface area contributed by atoms with Gasteiger partial charge in [0, 0.05) is 25.1 Å². The van der Waals surface area contributed by atoms with Crippen LogP contribution in [-0.2, 0) is 53.1 Å². The second-order valence-electron chi connectivity index (χ2n) is 19.2. The molecule has 388 valence electrons. The Kier molecular flexibility index (Phi) is 16.5. The first-order chi connectivity index (χ1) is 35.8. The number of cyclic esters (lactones) is 1. The number of rotatable bonds is 13. The average Bonchev–Trinajstić information content (AvgIpc) is 3.95. The number of morpholine rings is 1. The second-order valence-corrected chi connectivity index (χ2v) is 19.2. The minimum atomic E-state index is -2.17. The standard InChI is InChI=1S/C57H62N4O13/c1-35(2)45(53(66)72-5)58-56(69)60-43-28-27-36(19-17-26-41(51(64)70-3)52(65)71-4)33-42(43)57(55(60)68)44(50(63)59-29-15-7-6-8-16-30-59)47-54(67)74-48(38-22-13-10-14-23-38)46(37-20-11-9-12-21-37)61(47)49(57)39-24-18-25-40(34-39)73-32-31-62/h9-14,18,20-25,27-28,33-35,41,44-49,62H,6-8,15-16,26,29-32H2,1-5H3,(H,58,69)/t44-,45-,46-,47-,48+,49+,57-/m0/s1. The highest BCUT2D eigenvalue weighted by atomic mass is 16.6. The van der Waals surface area contributed by atoms with Crippen LogP contribution in [0.15, 0.2) is 103 Å². The van der Waals surface area contributed by atoms with Gasteiger partial charge in [0.2, 0.25) is 11.8 Å². The molecular weight excluding hydrogens is 949 g/mol. The van der Waals surface area contributed by atoms with E-state index in [0.29, 0.717) is 48.4 Å². The summed E-state index contributed by atoms with van der Waals surface area (Å²) in [4.78, 5) is 107. The molecule has 3 fully saturated rings. The smallest absolute Gasteiger partial charge is 0.329 e. The molecule has 17 nitrogen and oxygen atoms in total. The molecule has 4 aliphatic rings. The van der Waals surface area contributed by atoms with E-state index in [9.17, 15) is 19.5 Å². The van der Waals surface area contributed by atoms with Crippen LogP contribution in [0.2, 0.25) is 0 Å². The second kappa shape index (κ2) is 23.1. The number of hydrogen-bond donors (Lipinski definition) is 2. The van der Waals surface area contributed by atoms with Gasteiger partial charge in [-0.25, -0.2) is 14.5 Å². The highest BCUT2D eigenvalue weighted by Gasteiger charge is 2.76. The van der Waals surface area contributed by atoms with Crippen molar-refractivity contribution in [2.24, 2.45) is 17.8 Å². The van der Waals surface area contributed by atoms with Crippen LogP contribution in [0, 0.1) is 29.6 Å². The first-order valence-electron chi connectivity index (χ1n) is 25.0. The molecule has 0 bridgehead atoms. The van der Waals surface area contributed by atoms with E-state index in [-0.39, 0.29) is 36.4 Å². The molecular formula is C57H62N4O13. The van der Waals surface area contributed by atoms with Gasteiger partial charge in [-0.05, 0) is 71.3 Å². The summed E-state index contributed by atoms with van der Waals surface area (Å²) in [6, 6.07) is 24.4. The fourth-order valence-electron chi connectivity index (χ4n) is 11.2. The predicted molar refractivity (Wildman–Crippen MR) is 269 cm³/mol. The van der Waals surface area contributed by atoms with Crippen molar-refractivity contribution < 1.29 is 62.4 Å². The van der Waals surface area contributed by atoms with Crippen LogP contribution in [0.25, 0.3) is 0 Å². The van der Waals surface area contributed by atoms with Gasteiger partial charge in [0.15, 0.2) is 5.92 Å². The first-order valence-corrected chi connectivity index (χ1v) is 25.0. The number of ether oxygens (including phenoxy) is 5. The monoisotopic (exact) mass is 1010 g/mol. The summed E-state index contributed by atoms with van der Waals surface area (Å²) in [6.45, 7) is 3.73. The van der Waals surface area contributed by atoms with Crippen LogP contribution >= 0.6 is 0 Å². The maximum Gasteiger partial charge on any atom is 0.329 e. The Balaban J connectivity index is 1.47. The Morgan fingerprint density at radius 2 is 1.38 bits per heavy atom. The average molecular weight is 1010 g/mol. The molecule has 0 aromatic heterocycles. The first kappa shape index (κ1) is 52.8. The van der Waals surface area contributed by atoms with Crippen molar-refractivity contribution in [3.63, 3.8) is 0 Å². The number of carbonyl (C=O) groups excluding carboxylic acids is 7. The maximum absolute atomic E-state index is 16.9. The number of methoxy groups -OCH3 is 3. The predicted octanol–water partition coefficient (Wildman–Crippen LogP) is 6.13. The molecule has 4 heterocycles. The van der Waals surface area contributed by atoms with E-state index in [0.717, 1.165) is 38.4 Å². The molecule has 0 saturated carbocycles. The Hall–Kier alpha value is -7.55. The van der Waals surface area contributed by atoms with E-state index in [4.69, 9.17) is 23.7 Å². The fraction of sp³-hybridized carbons (Fsp3) is 0.421. The summed E-state index contributed by atoms with van der Waals surface area (Å²) in [7, 11) is 3.48. The quantitative estimate of drug-likeness (QED) is 0.0670. The van der Waals surface area contributed by atoms with Gasteiger partial charge in [0.1, 0.15) is 36.0 Å². The van der Waals surface area contributed by atoms with Gasteiger partial charge in [0.25, 0.3) is 0 Å². The van der Waals surface area contributed by atoms with E-state index >= 15 is 19.2 Å². The van der Waals surface area contributed by atoms with Gasteiger partial charge >= 0.3 is 29.9 Å². The number of anilines is 1. The molecule has 3 saturated heterocycles. The number of urea groups is 1. The number of hydrogen-bond acceptors (Lipinski definition) is 14. The molecule has 4 aromatic rings. The topological polar surface area (TPSA) is 208 Å². The van der Waals surface area contributed by atoms with E-state index in [1.807, 2.05) is 65.6 Å². The largest absolute Gasteiger partial charge is 0.491 e. The number of aliphatic hydroxyl groups is 1. The molecule has 1 spiro atoms. The lowest BCUT2D eigenvalue weighted by Gasteiger charge is -2.46. The number of benzene rings is 4. The number of likely N-dealkylation sites (tertiary alicyclic amines) is 1. The van der Waals surface area contributed by atoms with Gasteiger partial charge in [-0.2, -0.15) is 0 Å². The minimum absolute atomic E-state index is 0.0552. The number of nitrogens with zero attached hydrogens (tertiary/aromatic N) is 3.